The molecule has 0 spiro atoms. The van der Waals surface area contributed by atoms with Gasteiger partial charge in [-0.15, -0.1) is 0 Å². The summed E-state index contributed by atoms with van der Waals surface area (Å²) in [6, 6.07) is 2.79. The number of nitrogens with one attached hydrogen (secondary N) is 1. The normalized spacial score (nSPS) is 16.1. The van der Waals surface area contributed by atoms with Crippen LogP contribution in [-0.2, 0) is 4.79 Å². The number of halogens is 1. The zero-order valence-corrected chi connectivity index (χ0v) is 10.4. The first-order valence-electron chi connectivity index (χ1n) is 5.70. The molecule has 0 bridgehead atoms. The molecular weight excluding hydrogens is 256 g/mol. The van der Waals surface area contributed by atoms with E-state index >= 15 is 0 Å². The Hall–Kier alpha value is -1.62. The van der Waals surface area contributed by atoms with Crippen molar-refractivity contribution < 1.29 is 14.7 Å². The van der Waals surface area contributed by atoms with Crippen molar-refractivity contribution in [2.45, 2.75) is 25.3 Å². The van der Waals surface area contributed by atoms with E-state index in [0.29, 0.717) is 10.7 Å². The van der Waals surface area contributed by atoms with Crippen LogP contribution in [0.1, 0.15) is 29.6 Å². The lowest BCUT2D eigenvalue weighted by atomic mass is 10.1. The third-order valence-electron chi connectivity index (χ3n) is 2.89. The molecule has 0 radical (unpaired) electrons. The van der Waals surface area contributed by atoms with Crippen molar-refractivity contribution in [3.8, 4) is 0 Å². The van der Waals surface area contributed by atoms with Crippen molar-refractivity contribution in [2.24, 2.45) is 5.92 Å². The van der Waals surface area contributed by atoms with Gasteiger partial charge in [0.05, 0.1) is 12.0 Å². The number of amides is 1. The van der Waals surface area contributed by atoms with Crippen molar-refractivity contribution in [2.75, 3.05) is 0 Å². The Labute approximate surface area is 109 Å². The highest BCUT2D eigenvalue weighted by Crippen LogP contribution is 2.34. The van der Waals surface area contributed by atoms with Crippen molar-refractivity contribution >= 4 is 23.5 Å². The fourth-order valence-electron chi connectivity index (χ4n) is 1.78. The van der Waals surface area contributed by atoms with Gasteiger partial charge in [0.25, 0.3) is 5.91 Å². The Morgan fingerprint density at radius 1 is 1.50 bits per heavy atom. The Morgan fingerprint density at radius 3 is 2.72 bits per heavy atom. The van der Waals surface area contributed by atoms with Crippen molar-refractivity contribution in [3.63, 3.8) is 0 Å². The number of rotatable bonds is 5. The molecule has 0 aliphatic heterocycles. The summed E-state index contributed by atoms with van der Waals surface area (Å²) in [7, 11) is 0. The van der Waals surface area contributed by atoms with E-state index in [1.54, 1.807) is 6.07 Å². The molecule has 96 valence electrons. The Balaban J connectivity index is 2.00. The van der Waals surface area contributed by atoms with E-state index in [4.69, 9.17) is 16.7 Å². The molecule has 5 nitrogen and oxygen atoms in total. The molecule has 1 aromatic heterocycles. The van der Waals surface area contributed by atoms with Crippen LogP contribution in [0.2, 0.25) is 5.15 Å². The number of aromatic nitrogens is 1. The van der Waals surface area contributed by atoms with Crippen molar-refractivity contribution in [3.05, 3.63) is 29.0 Å². The molecule has 1 aromatic rings. The summed E-state index contributed by atoms with van der Waals surface area (Å²) in [5, 5.41) is 11.9. The summed E-state index contributed by atoms with van der Waals surface area (Å²) >= 11 is 5.63. The molecule has 2 rings (SSSR count). The fourth-order valence-corrected chi connectivity index (χ4v) is 1.90. The average molecular weight is 269 g/mol. The number of carboxylic acids is 1. The third kappa shape index (κ3) is 3.43. The number of carboxylic acid groups (broad SMARTS) is 1. The molecule has 1 aliphatic rings. The first-order valence-corrected chi connectivity index (χ1v) is 6.08. The van der Waals surface area contributed by atoms with E-state index < -0.39 is 5.97 Å². The standard InChI is InChI=1S/C12H13ClN2O3/c13-10-4-3-8(6-14-10)12(18)15-9(5-11(16)17)7-1-2-7/h3-4,6-7,9H,1-2,5H2,(H,15,18)(H,16,17). The van der Waals surface area contributed by atoms with Gasteiger partial charge in [0, 0.05) is 12.2 Å². The summed E-state index contributed by atoms with van der Waals surface area (Å²) in [5.41, 5.74) is 0.385. The van der Waals surface area contributed by atoms with Crippen LogP contribution in [0.25, 0.3) is 0 Å². The molecular formula is C12H13ClN2O3. The quantitative estimate of drug-likeness (QED) is 0.797. The van der Waals surface area contributed by atoms with Crippen molar-refractivity contribution in [1.29, 1.82) is 0 Å². The minimum Gasteiger partial charge on any atom is -0.481 e. The zero-order valence-electron chi connectivity index (χ0n) is 9.60. The molecule has 1 amide bonds. The van der Waals surface area contributed by atoms with Gasteiger partial charge in [0.15, 0.2) is 0 Å². The van der Waals surface area contributed by atoms with E-state index in [9.17, 15) is 9.59 Å². The summed E-state index contributed by atoms with van der Waals surface area (Å²) in [5.74, 6) is -0.927. The first-order chi connectivity index (χ1) is 8.56. The maximum Gasteiger partial charge on any atom is 0.305 e. The lowest BCUT2D eigenvalue weighted by Crippen LogP contribution is -2.38. The molecule has 1 heterocycles. The van der Waals surface area contributed by atoms with Crippen LogP contribution in [0.4, 0.5) is 0 Å². The fraction of sp³-hybridized carbons (Fsp3) is 0.417. The number of pyridine rings is 1. The maximum atomic E-state index is 11.9. The monoisotopic (exact) mass is 268 g/mol. The number of hydrogen-bond acceptors (Lipinski definition) is 3. The molecule has 18 heavy (non-hydrogen) atoms. The van der Waals surface area contributed by atoms with Gasteiger partial charge in [-0.05, 0) is 30.9 Å². The molecule has 2 N–H and O–H groups in total. The second-order valence-corrected chi connectivity index (χ2v) is 4.77. The molecule has 6 heteroatoms. The van der Waals surface area contributed by atoms with Crippen LogP contribution in [0.5, 0.6) is 0 Å². The molecule has 1 atom stereocenters. The smallest absolute Gasteiger partial charge is 0.305 e. The molecule has 1 unspecified atom stereocenters. The second kappa shape index (κ2) is 5.35. The molecule has 0 aromatic carbocycles. The summed E-state index contributed by atoms with van der Waals surface area (Å²) in [4.78, 5) is 26.4. The van der Waals surface area contributed by atoms with Gasteiger partial charge < -0.3 is 10.4 Å². The van der Waals surface area contributed by atoms with E-state index in [-0.39, 0.29) is 24.3 Å². The number of carbonyl (C=O) groups excluding carboxylic acids is 1. The third-order valence-corrected chi connectivity index (χ3v) is 3.12. The summed E-state index contributed by atoms with van der Waals surface area (Å²) in [6.45, 7) is 0. The predicted molar refractivity (Wildman–Crippen MR) is 65.5 cm³/mol. The predicted octanol–water partition coefficient (Wildman–Crippen LogP) is 1.72. The van der Waals surface area contributed by atoms with E-state index in [1.807, 2.05) is 0 Å². The van der Waals surface area contributed by atoms with Gasteiger partial charge in [-0.1, -0.05) is 11.6 Å². The molecule has 1 fully saturated rings. The molecule has 1 saturated carbocycles. The number of hydrogen-bond donors (Lipinski definition) is 2. The van der Waals surface area contributed by atoms with Gasteiger partial charge in [0.2, 0.25) is 0 Å². The lowest BCUT2D eigenvalue weighted by Gasteiger charge is -2.15. The Kier molecular flexibility index (Phi) is 3.81. The van der Waals surface area contributed by atoms with Gasteiger partial charge in [-0.2, -0.15) is 0 Å². The van der Waals surface area contributed by atoms with E-state index in [0.717, 1.165) is 12.8 Å². The van der Waals surface area contributed by atoms with Gasteiger partial charge in [0.1, 0.15) is 5.15 Å². The van der Waals surface area contributed by atoms with Crippen LogP contribution < -0.4 is 5.32 Å². The Morgan fingerprint density at radius 2 is 2.22 bits per heavy atom. The molecule has 0 saturated heterocycles. The SMILES string of the molecule is O=C(O)CC(NC(=O)c1ccc(Cl)nc1)C1CC1. The highest BCUT2D eigenvalue weighted by Gasteiger charge is 2.33. The van der Waals surface area contributed by atoms with Gasteiger partial charge >= 0.3 is 5.97 Å². The summed E-state index contributed by atoms with van der Waals surface area (Å²) < 4.78 is 0. The first kappa shape index (κ1) is 12.8. The van der Waals surface area contributed by atoms with Crippen LogP contribution in [0, 0.1) is 5.92 Å². The van der Waals surface area contributed by atoms with Crippen LogP contribution >= 0.6 is 11.6 Å². The van der Waals surface area contributed by atoms with Gasteiger partial charge in [-0.25, -0.2) is 4.98 Å². The lowest BCUT2D eigenvalue weighted by molar-refractivity contribution is -0.137. The van der Waals surface area contributed by atoms with E-state index in [2.05, 4.69) is 10.3 Å². The summed E-state index contributed by atoms with van der Waals surface area (Å²) in [6.07, 6.45) is 3.27. The van der Waals surface area contributed by atoms with Crippen LogP contribution in [0.3, 0.4) is 0 Å². The molecule has 1 aliphatic carbocycles. The minimum absolute atomic E-state index is 0.0442. The minimum atomic E-state index is -0.901. The number of nitrogens with zero attached hydrogens (tertiary/aromatic N) is 1. The highest BCUT2D eigenvalue weighted by molar-refractivity contribution is 6.29. The Bertz CT molecular complexity index is 457. The number of carbonyl (C=O) groups is 2. The highest BCUT2D eigenvalue weighted by atomic mass is 35.5. The zero-order chi connectivity index (χ0) is 13.1. The van der Waals surface area contributed by atoms with Gasteiger partial charge in [-0.3, -0.25) is 9.59 Å². The van der Waals surface area contributed by atoms with E-state index in [1.165, 1.54) is 12.3 Å². The largest absolute Gasteiger partial charge is 0.481 e. The van der Waals surface area contributed by atoms with Crippen LogP contribution in [-0.4, -0.2) is 28.0 Å². The maximum absolute atomic E-state index is 11.9. The van der Waals surface area contributed by atoms with Crippen LogP contribution in [0.15, 0.2) is 18.3 Å². The topological polar surface area (TPSA) is 79.3 Å². The second-order valence-electron chi connectivity index (χ2n) is 4.38. The number of aliphatic carboxylic acids is 1. The average Bonchev–Trinajstić information content (AvgIpc) is 3.12. The van der Waals surface area contributed by atoms with Crippen molar-refractivity contribution in [1.82, 2.24) is 10.3 Å².